The van der Waals surface area contributed by atoms with E-state index in [1.54, 1.807) is 24.4 Å². The van der Waals surface area contributed by atoms with Crippen molar-refractivity contribution in [1.29, 1.82) is 0 Å². The van der Waals surface area contributed by atoms with Crippen molar-refractivity contribution in [3.63, 3.8) is 0 Å². The van der Waals surface area contributed by atoms with Crippen LogP contribution in [0.1, 0.15) is 21.6 Å². The molecule has 1 aromatic heterocycles. The number of nitrogens with zero attached hydrogens (tertiary/aromatic N) is 3. The maximum atomic E-state index is 11.8. The summed E-state index contributed by atoms with van der Waals surface area (Å²) in [5, 5.41) is 4.00. The maximum absolute atomic E-state index is 11.8. The summed E-state index contributed by atoms with van der Waals surface area (Å²) in [6.45, 7) is 0. The Kier molecular flexibility index (Phi) is 2.96. The van der Waals surface area contributed by atoms with Gasteiger partial charge in [-0.05, 0) is 12.1 Å². The first kappa shape index (κ1) is 12.0. The Morgan fingerprint density at radius 3 is 2.60 bits per heavy atom. The van der Waals surface area contributed by atoms with E-state index in [2.05, 4.69) is 20.5 Å². The lowest BCUT2D eigenvalue weighted by Crippen LogP contribution is -2.20. The number of amides is 1. The van der Waals surface area contributed by atoms with Gasteiger partial charge in [0, 0.05) is 17.3 Å². The van der Waals surface area contributed by atoms with E-state index in [1.165, 1.54) is 0 Å². The van der Waals surface area contributed by atoms with Crippen LogP contribution in [-0.4, -0.2) is 22.6 Å². The summed E-state index contributed by atoms with van der Waals surface area (Å²) in [7, 11) is 0. The summed E-state index contributed by atoms with van der Waals surface area (Å²) in [6, 6.07) is 12.5. The summed E-state index contributed by atoms with van der Waals surface area (Å²) in [6.07, 6.45) is 1.54. The molecule has 2 aromatic rings. The van der Waals surface area contributed by atoms with Gasteiger partial charge in [0.1, 0.15) is 11.5 Å². The predicted molar refractivity (Wildman–Crippen MR) is 75.4 cm³/mol. The average molecular weight is 265 g/mol. The number of nitrogens with one attached hydrogen (secondary N) is 1. The number of hydrogen-bond acceptors (Lipinski definition) is 4. The van der Waals surface area contributed by atoms with Crippen LogP contribution < -0.4 is 11.2 Å². The van der Waals surface area contributed by atoms with Crippen molar-refractivity contribution < 1.29 is 4.79 Å². The molecule has 1 amide bonds. The molecule has 0 spiro atoms. The molecule has 0 unspecified atom stereocenters. The number of aromatic nitrogens is 1. The number of pyridine rings is 1. The van der Waals surface area contributed by atoms with Crippen LogP contribution in [0.3, 0.4) is 0 Å². The molecule has 1 aromatic carbocycles. The number of hydrazone groups is 1. The number of rotatable bonds is 2. The largest absolute Gasteiger partial charge is 0.383 e. The third-order valence-corrected chi connectivity index (χ3v) is 2.83. The topological polar surface area (TPSA) is 92.7 Å². The zero-order chi connectivity index (χ0) is 13.9. The number of aliphatic imine (C=N–C) groups is 1. The average Bonchev–Trinajstić information content (AvgIpc) is 2.83. The zero-order valence-corrected chi connectivity index (χ0v) is 10.4. The molecule has 3 N–H and O–H groups in total. The Balaban J connectivity index is 1.83. The van der Waals surface area contributed by atoms with E-state index in [9.17, 15) is 4.79 Å². The van der Waals surface area contributed by atoms with E-state index in [1.807, 2.05) is 24.3 Å². The minimum absolute atomic E-state index is 0.292. The second kappa shape index (κ2) is 4.93. The number of amidine groups is 2. The summed E-state index contributed by atoms with van der Waals surface area (Å²) in [5.74, 6) is 0.394. The van der Waals surface area contributed by atoms with Crippen molar-refractivity contribution in [2.24, 2.45) is 15.8 Å². The summed E-state index contributed by atoms with van der Waals surface area (Å²) in [5.41, 5.74) is 10.1. The van der Waals surface area contributed by atoms with Crippen LogP contribution >= 0.6 is 0 Å². The van der Waals surface area contributed by atoms with Gasteiger partial charge in [-0.15, -0.1) is 0 Å². The van der Waals surface area contributed by atoms with Crippen molar-refractivity contribution in [1.82, 2.24) is 10.4 Å². The highest BCUT2D eigenvalue weighted by Gasteiger charge is 2.19. The van der Waals surface area contributed by atoms with Crippen LogP contribution in [0.4, 0.5) is 0 Å². The van der Waals surface area contributed by atoms with Gasteiger partial charge < -0.3 is 5.73 Å². The molecule has 6 nitrogen and oxygen atoms in total. The fourth-order valence-electron chi connectivity index (χ4n) is 1.88. The molecule has 6 heteroatoms. The summed E-state index contributed by atoms with van der Waals surface area (Å²) < 4.78 is 0. The Hall–Kier alpha value is -3.02. The lowest BCUT2D eigenvalue weighted by molar-refractivity contribution is 0.0950. The fourth-order valence-corrected chi connectivity index (χ4v) is 1.88. The van der Waals surface area contributed by atoms with Gasteiger partial charge in [0.25, 0.3) is 5.91 Å². The lowest BCUT2D eigenvalue weighted by atomic mass is 10.1. The van der Waals surface area contributed by atoms with Crippen LogP contribution in [0.5, 0.6) is 0 Å². The Morgan fingerprint density at radius 1 is 1.10 bits per heavy atom. The van der Waals surface area contributed by atoms with Crippen molar-refractivity contribution in [3.8, 4) is 0 Å². The SMILES string of the molecule is NC1=N/C(=N\NC(=O)c2ccccn2)c2ccccc21. The van der Waals surface area contributed by atoms with Gasteiger partial charge in [-0.3, -0.25) is 9.78 Å². The van der Waals surface area contributed by atoms with Crippen LogP contribution in [-0.2, 0) is 0 Å². The molecule has 0 fully saturated rings. The summed E-state index contributed by atoms with van der Waals surface area (Å²) >= 11 is 0. The van der Waals surface area contributed by atoms with Crippen LogP contribution in [0, 0.1) is 0 Å². The van der Waals surface area contributed by atoms with Gasteiger partial charge in [-0.2, -0.15) is 5.10 Å². The first-order valence-electron chi connectivity index (χ1n) is 5.99. The monoisotopic (exact) mass is 265 g/mol. The molecule has 0 saturated heterocycles. The van der Waals surface area contributed by atoms with E-state index < -0.39 is 5.91 Å². The van der Waals surface area contributed by atoms with E-state index in [0.29, 0.717) is 17.4 Å². The molecule has 0 aliphatic carbocycles. The van der Waals surface area contributed by atoms with Crippen LogP contribution in [0.25, 0.3) is 0 Å². The highest BCUT2D eigenvalue weighted by molar-refractivity contribution is 6.21. The van der Waals surface area contributed by atoms with E-state index in [4.69, 9.17) is 5.73 Å². The van der Waals surface area contributed by atoms with Crippen molar-refractivity contribution in [2.75, 3.05) is 0 Å². The summed E-state index contributed by atoms with van der Waals surface area (Å²) in [4.78, 5) is 19.9. The molecule has 3 rings (SSSR count). The number of hydrogen-bond donors (Lipinski definition) is 2. The van der Waals surface area contributed by atoms with Crippen molar-refractivity contribution >= 4 is 17.6 Å². The second-order valence-electron chi connectivity index (χ2n) is 4.13. The highest BCUT2D eigenvalue weighted by Crippen LogP contribution is 2.16. The van der Waals surface area contributed by atoms with E-state index in [-0.39, 0.29) is 0 Å². The van der Waals surface area contributed by atoms with Gasteiger partial charge in [0.2, 0.25) is 0 Å². The molecule has 0 bridgehead atoms. The first-order valence-corrected chi connectivity index (χ1v) is 5.99. The number of benzene rings is 1. The molecule has 1 aliphatic heterocycles. The fraction of sp³-hybridized carbons (Fsp3) is 0. The quantitative estimate of drug-likeness (QED) is 0.790. The van der Waals surface area contributed by atoms with Gasteiger partial charge in [0.15, 0.2) is 5.84 Å². The number of nitrogens with two attached hydrogens (primary N) is 1. The Bertz CT molecular complexity index is 721. The zero-order valence-electron chi connectivity index (χ0n) is 10.4. The predicted octanol–water partition coefficient (Wildman–Crippen LogP) is 0.892. The second-order valence-corrected chi connectivity index (χ2v) is 4.13. The molecule has 2 heterocycles. The van der Waals surface area contributed by atoms with Crippen LogP contribution in [0.2, 0.25) is 0 Å². The van der Waals surface area contributed by atoms with Crippen LogP contribution in [0.15, 0.2) is 58.8 Å². The van der Waals surface area contributed by atoms with Gasteiger partial charge in [-0.25, -0.2) is 10.4 Å². The van der Waals surface area contributed by atoms with Gasteiger partial charge in [0.05, 0.1) is 0 Å². The van der Waals surface area contributed by atoms with E-state index in [0.717, 1.165) is 11.1 Å². The molecule has 98 valence electrons. The number of carbonyl (C=O) groups excluding carboxylic acids is 1. The molecular weight excluding hydrogens is 254 g/mol. The highest BCUT2D eigenvalue weighted by atomic mass is 16.2. The Labute approximate surface area is 115 Å². The van der Waals surface area contributed by atoms with Gasteiger partial charge in [-0.1, -0.05) is 30.3 Å². The first-order chi connectivity index (χ1) is 9.75. The molecule has 0 saturated carbocycles. The van der Waals surface area contributed by atoms with E-state index >= 15 is 0 Å². The van der Waals surface area contributed by atoms with Crippen molar-refractivity contribution in [3.05, 3.63) is 65.5 Å². The van der Waals surface area contributed by atoms with Gasteiger partial charge >= 0.3 is 0 Å². The maximum Gasteiger partial charge on any atom is 0.290 e. The third-order valence-electron chi connectivity index (χ3n) is 2.83. The molecule has 20 heavy (non-hydrogen) atoms. The molecule has 0 atom stereocenters. The Morgan fingerprint density at radius 2 is 1.85 bits per heavy atom. The molecular formula is C14H11N5O. The van der Waals surface area contributed by atoms with Crippen molar-refractivity contribution in [2.45, 2.75) is 0 Å². The molecule has 1 aliphatic rings. The number of fused-ring (bicyclic) bond motifs is 1. The minimum atomic E-state index is -0.392. The number of carbonyl (C=O) groups is 1. The smallest absolute Gasteiger partial charge is 0.290 e. The lowest BCUT2D eigenvalue weighted by Gasteiger charge is -2.00. The third kappa shape index (κ3) is 2.14. The standard InChI is InChI=1S/C14H11N5O/c15-12-9-5-1-2-6-10(9)13(17-12)18-19-14(20)11-7-3-4-8-16-11/h1-8H,(H,19,20)(H2,15,17,18). The molecule has 0 radical (unpaired) electrons. The normalized spacial score (nSPS) is 14.8. The minimum Gasteiger partial charge on any atom is -0.383 e.